The normalized spacial score (nSPS) is 17.2. The molecule has 2 N–H and O–H groups in total. The van der Waals surface area contributed by atoms with Gasteiger partial charge in [0.1, 0.15) is 5.82 Å². The largest absolute Gasteiger partial charge is 0.369 e. The maximum absolute atomic E-state index is 5.89. The zero-order chi connectivity index (χ0) is 12.4. The zero-order valence-electron chi connectivity index (χ0n) is 10.1. The fraction of sp³-hybridized carbons (Fsp3) is 0.583. The number of anilines is 1. The number of aromatic amines is 1. The first-order chi connectivity index (χ1) is 8.83. The molecule has 2 heterocycles. The first-order valence-electron chi connectivity index (χ1n) is 6.43. The van der Waals surface area contributed by atoms with E-state index < -0.39 is 0 Å². The van der Waals surface area contributed by atoms with Crippen LogP contribution in [0, 0.1) is 5.92 Å². The van der Waals surface area contributed by atoms with Gasteiger partial charge < -0.3 is 5.32 Å². The van der Waals surface area contributed by atoms with Crippen LogP contribution in [-0.4, -0.2) is 26.7 Å². The topological polar surface area (TPSA) is 66.5 Å². The number of halogens is 1. The summed E-state index contributed by atoms with van der Waals surface area (Å²) in [5.41, 5.74) is 0.682. The molecule has 0 bridgehead atoms. The predicted octanol–water partition coefficient (Wildman–Crippen LogP) is 3.00. The second-order valence-electron chi connectivity index (χ2n) is 4.86. The van der Waals surface area contributed by atoms with E-state index in [9.17, 15) is 0 Å². The molecule has 1 fully saturated rings. The van der Waals surface area contributed by atoms with Crippen molar-refractivity contribution < 1.29 is 0 Å². The molecule has 1 saturated carbocycles. The third-order valence-corrected chi connectivity index (χ3v) is 3.73. The Morgan fingerprint density at radius 1 is 1.28 bits per heavy atom. The third kappa shape index (κ3) is 2.41. The van der Waals surface area contributed by atoms with Crippen LogP contribution in [-0.2, 0) is 0 Å². The van der Waals surface area contributed by atoms with E-state index in [1.165, 1.54) is 32.1 Å². The van der Waals surface area contributed by atoms with E-state index in [1.807, 2.05) is 0 Å². The Bertz CT molecular complexity index is 532. The van der Waals surface area contributed by atoms with Crippen molar-refractivity contribution in [1.29, 1.82) is 0 Å². The molecule has 0 aromatic carbocycles. The Labute approximate surface area is 110 Å². The molecule has 96 valence electrons. The molecule has 3 rings (SSSR count). The van der Waals surface area contributed by atoms with Gasteiger partial charge in [0.2, 0.25) is 5.28 Å². The summed E-state index contributed by atoms with van der Waals surface area (Å²) >= 11 is 5.89. The van der Waals surface area contributed by atoms with Crippen molar-refractivity contribution in [3.8, 4) is 0 Å². The SMILES string of the molecule is Clc1nc(NCC2CCCCC2)c2cn[nH]c2n1. The highest BCUT2D eigenvalue weighted by Gasteiger charge is 2.14. The summed E-state index contributed by atoms with van der Waals surface area (Å²) in [5, 5.41) is 11.3. The second kappa shape index (κ2) is 5.10. The van der Waals surface area contributed by atoms with Crippen molar-refractivity contribution in [3.05, 3.63) is 11.5 Å². The van der Waals surface area contributed by atoms with Crippen molar-refractivity contribution in [3.63, 3.8) is 0 Å². The summed E-state index contributed by atoms with van der Waals surface area (Å²) in [6, 6.07) is 0. The van der Waals surface area contributed by atoms with Crippen molar-refractivity contribution in [2.75, 3.05) is 11.9 Å². The van der Waals surface area contributed by atoms with Gasteiger partial charge in [-0.15, -0.1) is 0 Å². The van der Waals surface area contributed by atoms with Gasteiger partial charge in [0.05, 0.1) is 11.6 Å². The van der Waals surface area contributed by atoms with Gasteiger partial charge in [-0.1, -0.05) is 19.3 Å². The lowest BCUT2D eigenvalue weighted by Gasteiger charge is -2.22. The van der Waals surface area contributed by atoms with E-state index >= 15 is 0 Å². The fourth-order valence-electron chi connectivity index (χ4n) is 2.57. The molecule has 2 aromatic rings. The number of nitrogens with one attached hydrogen (secondary N) is 2. The first-order valence-corrected chi connectivity index (χ1v) is 6.81. The molecule has 6 heteroatoms. The highest BCUT2D eigenvalue weighted by Crippen LogP contribution is 2.25. The first kappa shape index (κ1) is 11.7. The van der Waals surface area contributed by atoms with Gasteiger partial charge in [0, 0.05) is 6.54 Å². The molecule has 0 unspecified atom stereocenters. The Morgan fingerprint density at radius 2 is 2.11 bits per heavy atom. The summed E-state index contributed by atoms with van der Waals surface area (Å²) in [4.78, 5) is 8.33. The number of nitrogens with zero attached hydrogens (tertiary/aromatic N) is 3. The third-order valence-electron chi connectivity index (χ3n) is 3.57. The van der Waals surface area contributed by atoms with E-state index in [0.29, 0.717) is 5.65 Å². The van der Waals surface area contributed by atoms with E-state index in [-0.39, 0.29) is 5.28 Å². The number of hydrogen-bond donors (Lipinski definition) is 2. The molecule has 0 amide bonds. The van der Waals surface area contributed by atoms with Crippen molar-refractivity contribution in [1.82, 2.24) is 20.2 Å². The van der Waals surface area contributed by atoms with Crippen LogP contribution in [0.3, 0.4) is 0 Å². The second-order valence-corrected chi connectivity index (χ2v) is 5.20. The quantitative estimate of drug-likeness (QED) is 0.838. The lowest BCUT2D eigenvalue weighted by Crippen LogP contribution is -2.17. The minimum atomic E-state index is 0.248. The van der Waals surface area contributed by atoms with Crippen molar-refractivity contribution >= 4 is 28.5 Å². The van der Waals surface area contributed by atoms with Crippen LogP contribution in [0.4, 0.5) is 5.82 Å². The van der Waals surface area contributed by atoms with Gasteiger partial charge in [-0.25, -0.2) is 0 Å². The van der Waals surface area contributed by atoms with Crippen molar-refractivity contribution in [2.24, 2.45) is 5.92 Å². The van der Waals surface area contributed by atoms with Gasteiger partial charge in [-0.3, -0.25) is 5.10 Å². The molecule has 2 aromatic heterocycles. The minimum Gasteiger partial charge on any atom is -0.369 e. The standard InChI is InChI=1S/C12H16ClN5/c13-12-16-10(9-7-15-18-11(9)17-12)14-6-8-4-2-1-3-5-8/h7-8H,1-6H2,(H2,14,15,16,17,18). The predicted molar refractivity (Wildman–Crippen MR) is 71.8 cm³/mol. The Hall–Kier alpha value is -1.36. The van der Waals surface area contributed by atoms with Crippen LogP contribution in [0.15, 0.2) is 6.20 Å². The summed E-state index contributed by atoms with van der Waals surface area (Å²) in [5.74, 6) is 1.53. The maximum Gasteiger partial charge on any atom is 0.226 e. The van der Waals surface area contributed by atoms with Gasteiger partial charge in [0.15, 0.2) is 5.65 Å². The minimum absolute atomic E-state index is 0.248. The molecule has 0 atom stereocenters. The van der Waals surface area contributed by atoms with E-state index in [0.717, 1.165) is 23.7 Å². The van der Waals surface area contributed by atoms with Crippen LogP contribution >= 0.6 is 11.6 Å². The molecule has 18 heavy (non-hydrogen) atoms. The van der Waals surface area contributed by atoms with Gasteiger partial charge in [-0.2, -0.15) is 15.1 Å². The summed E-state index contributed by atoms with van der Waals surface area (Å²) in [6.07, 6.45) is 8.41. The number of H-pyrrole nitrogens is 1. The Morgan fingerprint density at radius 3 is 2.94 bits per heavy atom. The van der Waals surface area contributed by atoms with Gasteiger partial charge >= 0.3 is 0 Å². The average Bonchev–Trinajstić information content (AvgIpc) is 2.85. The summed E-state index contributed by atoms with van der Waals surface area (Å²) in [6.45, 7) is 0.952. The lowest BCUT2D eigenvalue weighted by atomic mass is 9.89. The molecule has 0 aliphatic heterocycles. The smallest absolute Gasteiger partial charge is 0.226 e. The molecule has 5 nitrogen and oxygen atoms in total. The van der Waals surface area contributed by atoms with E-state index in [1.54, 1.807) is 6.20 Å². The molecule has 0 radical (unpaired) electrons. The van der Waals surface area contributed by atoms with Crippen LogP contribution in [0.5, 0.6) is 0 Å². The van der Waals surface area contributed by atoms with Crippen LogP contribution in [0.25, 0.3) is 11.0 Å². The molecular formula is C12H16ClN5. The van der Waals surface area contributed by atoms with Gasteiger partial charge in [-0.05, 0) is 30.4 Å². The highest BCUT2D eigenvalue weighted by molar-refractivity contribution is 6.28. The fourth-order valence-corrected chi connectivity index (χ4v) is 2.74. The van der Waals surface area contributed by atoms with E-state index in [2.05, 4.69) is 25.5 Å². The Kier molecular flexibility index (Phi) is 3.32. The molecular weight excluding hydrogens is 250 g/mol. The summed E-state index contributed by atoms with van der Waals surface area (Å²) < 4.78 is 0. The number of aromatic nitrogens is 4. The van der Waals surface area contributed by atoms with Crippen LogP contribution in [0.2, 0.25) is 5.28 Å². The van der Waals surface area contributed by atoms with E-state index in [4.69, 9.17) is 11.6 Å². The average molecular weight is 266 g/mol. The number of fused-ring (bicyclic) bond motifs is 1. The molecule has 0 spiro atoms. The Balaban J connectivity index is 1.75. The maximum atomic E-state index is 5.89. The van der Waals surface area contributed by atoms with Crippen molar-refractivity contribution in [2.45, 2.75) is 32.1 Å². The lowest BCUT2D eigenvalue weighted by molar-refractivity contribution is 0.373. The zero-order valence-corrected chi connectivity index (χ0v) is 10.9. The van der Waals surface area contributed by atoms with Crippen LogP contribution in [0.1, 0.15) is 32.1 Å². The summed E-state index contributed by atoms with van der Waals surface area (Å²) in [7, 11) is 0. The van der Waals surface area contributed by atoms with Crippen LogP contribution < -0.4 is 5.32 Å². The molecule has 1 aliphatic rings. The highest BCUT2D eigenvalue weighted by atomic mass is 35.5. The number of hydrogen-bond acceptors (Lipinski definition) is 4. The van der Waals surface area contributed by atoms with Gasteiger partial charge in [0.25, 0.3) is 0 Å². The number of rotatable bonds is 3. The molecule has 0 saturated heterocycles. The monoisotopic (exact) mass is 265 g/mol. The molecule has 1 aliphatic carbocycles.